The zero-order valence-electron chi connectivity index (χ0n) is 12.3. The first-order valence-corrected chi connectivity index (χ1v) is 7.47. The number of H-pyrrole nitrogens is 1. The summed E-state index contributed by atoms with van der Waals surface area (Å²) in [5.74, 6) is 1.27. The van der Waals surface area contributed by atoms with Crippen molar-refractivity contribution in [2.75, 3.05) is 5.32 Å². The van der Waals surface area contributed by atoms with Crippen molar-refractivity contribution in [3.05, 3.63) is 48.7 Å². The number of hydrogen-bond donors (Lipinski definition) is 2. The number of anilines is 2. The van der Waals surface area contributed by atoms with E-state index in [1.807, 2.05) is 30.5 Å². The second kappa shape index (κ2) is 5.54. The molecular weight excluding hydrogens is 288 g/mol. The van der Waals surface area contributed by atoms with Gasteiger partial charge < -0.3 is 10.3 Å². The Hall–Kier alpha value is -3.20. The number of aromatic amines is 1. The van der Waals surface area contributed by atoms with Gasteiger partial charge in [0.1, 0.15) is 23.9 Å². The van der Waals surface area contributed by atoms with E-state index in [-0.39, 0.29) is 0 Å². The Labute approximate surface area is 132 Å². The van der Waals surface area contributed by atoms with Crippen LogP contribution >= 0.6 is 0 Å². The third-order valence-electron chi connectivity index (χ3n) is 3.80. The molecule has 3 heterocycles. The van der Waals surface area contributed by atoms with E-state index in [1.54, 1.807) is 6.20 Å². The third-order valence-corrected chi connectivity index (χ3v) is 3.80. The fourth-order valence-corrected chi connectivity index (χ4v) is 2.41. The van der Waals surface area contributed by atoms with Crippen LogP contribution in [0.2, 0.25) is 0 Å². The molecule has 0 atom stereocenters. The molecule has 0 amide bonds. The van der Waals surface area contributed by atoms with Crippen molar-refractivity contribution in [1.29, 1.82) is 5.26 Å². The lowest BCUT2D eigenvalue weighted by Gasteiger charge is -2.06. The minimum Gasteiger partial charge on any atom is -0.346 e. The number of pyridine rings is 1. The van der Waals surface area contributed by atoms with Crippen LogP contribution in [0.15, 0.2) is 43.0 Å². The van der Waals surface area contributed by atoms with Crippen molar-refractivity contribution in [3.63, 3.8) is 0 Å². The summed E-state index contributed by atoms with van der Waals surface area (Å²) in [5.41, 5.74) is 2.96. The summed E-state index contributed by atoms with van der Waals surface area (Å²) in [5, 5.41) is 13.4. The normalized spacial score (nSPS) is 14.7. The average Bonchev–Trinajstić information content (AvgIpc) is 3.27. The number of rotatable bonds is 4. The van der Waals surface area contributed by atoms with Gasteiger partial charge in [-0.3, -0.25) is 4.98 Å². The minimum absolute atomic E-state index is 0.548. The summed E-state index contributed by atoms with van der Waals surface area (Å²) < 4.78 is 0. The lowest BCUT2D eigenvalue weighted by molar-refractivity contribution is 1.12. The largest absolute Gasteiger partial charge is 0.346 e. The van der Waals surface area contributed by atoms with Crippen LogP contribution in [-0.2, 0) is 0 Å². The van der Waals surface area contributed by atoms with Crippen LogP contribution in [0.1, 0.15) is 18.5 Å². The van der Waals surface area contributed by atoms with E-state index in [1.165, 1.54) is 19.2 Å². The van der Waals surface area contributed by atoms with E-state index in [4.69, 9.17) is 0 Å². The Bertz CT molecular complexity index is 912. The van der Waals surface area contributed by atoms with E-state index in [0.717, 1.165) is 22.5 Å². The molecule has 0 saturated heterocycles. The Morgan fingerprint density at radius 1 is 1.26 bits per heavy atom. The van der Waals surface area contributed by atoms with E-state index in [2.05, 4.69) is 31.3 Å². The van der Waals surface area contributed by atoms with Crippen molar-refractivity contribution in [2.24, 2.45) is 5.92 Å². The Balaban J connectivity index is 1.59. The number of fused-ring (bicyclic) bond motifs is 1. The molecule has 0 bridgehead atoms. The lowest BCUT2D eigenvalue weighted by Crippen LogP contribution is -1.97. The van der Waals surface area contributed by atoms with Gasteiger partial charge in [-0.05, 0) is 37.0 Å². The summed E-state index contributed by atoms with van der Waals surface area (Å²) in [6.45, 7) is 0. The van der Waals surface area contributed by atoms with Gasteiger partial charge in [0.25, 0.3) is 0 Å². The first-order chi connectivity index (χ1) is 11.3. The summed E-state index contributed by atoms with van der Waals surface area (Å²) in [7, 11) is 0. The molecule has 2 N–H and O–H groups in total. The molecule has 0 unspecified atom stereocenters. The minimum atomic E-state index is 0.548. The molecule has 0 radical (unpaired) electrons. The van der Waals surface area contributed by atoms with Gasteiger partial charge in [-0.2, -0.15) is 5.26 Å². The number of aromatic nitrogens is 4. The Morgan fingerprint density at radius 3 is 2.91 bits per heavy atom. The van der Waals surface area contributed by atoms with E-state index in [9.17, 15) is 5.26 Å². The molecule has 23 heavy (non-hydrogen) atoms. The molecule has 0 spiro atoms. The summed E-state index contributed by atoms with van der Waals surface area (Å²) >= 11 is 0. The molecule has 0 aliphatic heterocycles. The van der Waals surface area contributed by atoms with Crippen molar-refractivity contribution in [2.45, 2.75) is 12.8 Å². The maximum Gasteiger partial charge on any atom is 0.143 e. The standard InChI is InChI=1S/C17H14N6/c18-8-12(7-11-1-2-11)15-4-3-13(9-20-15)23-17-14-5-6-19-16(14)21-10-22-17/h3-7,9-11H,1-2H2,(H2,19,21,22,23)/b12-7+. The number of nitrogens with zero attached hydrogens (tertiary/aromatic N) is 4. The second-order valence-electron chi connectivity index (χ2n) is 5.55. The highest BCUT2D eigenvalue weighted by atomic mass is 15.0. The predicted octanol–water partition coefficient (Wildman–Crippen LogP) is 3.41. The molecule has 6 heteroatoms. The van der Waals surface area contributed by atoms with E-state index >= 15 is 0 Å². The molecule has 112 valence electrons. The fraction of sp³-hybridized carbons (Fsp3) is 0.176. The molecule has 3 aromatic rings. The summed E-state index contributed by atoms with van der Waals surface area (Å²) in [6.07, 6.45) is 9.41. The SMILES string of the molecule is N#C/C(=C\C1CC1)c1ccc(Nc2ncnc3[nH]ccc23)cn1. The maximum absolute atomic E-state index is 9.26. The Morgan fingerprint density at radius 2 is 2.17 bits per heavy atom. The van der Waals surface area contributed by atoms with Crippen LogP contribution in [0, 0.1) is 17.2 Å². The topological polar surface area (TPSA) is 90.3 Å². The van der Waals surface area contributed by atoms with Gasteiger partial charge in [-0.25, -0.2) is 9.97 Å². The van der Waals surface area contributed by atoms with Crippen LogP contribution < -0.4 is 5.32 Å². The van der Waals surface area contributed by atoms with Crippen LogP contribution in [0.3, 0.4) is 0 Å². The first kappa shape index (κ1) is 13.5. The molecule has 1 fully saturated rings. The van der Waals surface area contributed by atoms with E-state index in [0.29, 0.717) is 17.2 Å². The smallest absolute Gasteiger partial charge is 0.143 e. The maximum atomic E-state index is 9.26. The number of nitriles is 1. The molecule has 1 aliphatic rings. The lowest BCUT2D eigenvalue weighted by atomic mass is 10.1. The van der Waals surface area contributed by atoms with Crippen molar-refractivity contribution < 1.29 is 0 Å². The van der Waals surface area contributed by atoms with Gasteiger partial charge in [0, 0.05) is 6.20 Å². The molecule has 4 rings (SSSR count). The number of allylic oxidation sites excluding steroid dienone is 2. The van der Waals surface area contributed by atoms with Gasteiger partial charge in [0.15, 0.2) is 0 Å². The van der Waals surface area contributed by atoms with Gasteiger partial charge in [0.2, 0.25) is 0 Å². The van der Waals surface area contributed by atoms with Gasteiger partial charge in [0.05, 0.1) is 28.5 Å². The molecular formula is C17H14N6. The highest BCUT2D eigenvalue weighted by molar-refractivity contribution is 5.88. The fourth-order valence-electron chi connectivity index (χ4n) is 2.41. The quantitative estimate of drug-likeness (QED) is 0.721. The number of hydrogen-bond acceptors (Lipinski definition) is 5. The van der Waals surface area contributed by atoms with Crippen LogP contribution in [-0.4, -0.2) is 19.9 Å². The second-order valence-corrected chi connectivity index (χ2v) is 5.55. The zero-order valence-corrected chi connectivity index (χ0v) is 12.3. The highest BCUT2D eigenvalue weighted by Gasteiger charge is 2.20. The monoisotopic (exact) mass is 302 g/mol. The third kappa shape index (κ3) is 2.77. The predicted molar refractivity (Wildman–Crippen MR) is 87.7 cm³/mol. The van der Waals surface area contributed by atoms with Gasteiger partial charge in [-0.15, -0.1) is 0 Å². The average molecular weight is 302 g/mol. The zero-order chi connectivity index (χ0) is 15.6. The molecule has 1 aliphatic carbocycles. The molecule has 0 aromatic carbocycles. The summed E-state index contributed by atoms with van der Waals surface area (Å²) in [4.78, 5) is 15.9. The Kier molecular flexibility index (Phi) is 3.24. The molecule has 1 saturated carbocycles. The van der Waals surface area contributed by atoms with Crippen molar-refractivity contribution in [1.82, 2.24) is 19.9 Å². The van der Waals surface area contributed by atoms with E-state index < -0.39 is 0 Å². The van der Waals surface area contributed by atoms with Crippen LogP contribution in [0.4, 0.5) is 11.5 Å². The van der Waals surface area contributed by atoms with Crippen molar-refractivity contribution >= 4 is 28.1 Å². The highest BCUT2D eigenvalue weighted by Crippen LogP contribution is 2.33. The van der Waals surface area contributed by atoms with Gasteiger partial charge >= 0.3 is 0 Å². The van der Waals surface area contributed by atoms with Gasteiger partial charge in [-0.1, -0.05) is 6.08 Å². The van der Waals surface area contributed by atoms with Crippen LogP contribution in [0.5, 0.6) is 0 Å². The summed E-state index contributed by atoms with van der Waals surface area (Å²) in [6, 6.07) is 7.92. The molecule has 3 aromatic heterocycles. The van der Waals surface area contributed by atoms with Crippen molar-refractivity contribution in [3.8, 4) is 6.07 Å². The first-order valence-electron chi connectivity index (χ1n) is 7.47. The number of nitrogens with one attached hydrogen (secondary N) is 2. The van der Waals surface area contributed by atoms with Crippen LogP contribution in [0.25, 0.3) is 16.6 Å². The molecule has 6 nitrogen and oxygen atoms in total.